The average Bonchev–Trinajstić information content (AvgIpc) is 3.41. The molecule has 2 aliphatic heterocycles. The summed E-state index contributed by atoms with van der Waals surface area (Å²) in [6.45, 7) is 14.0. The first-order valence-electron chi connectivity index (χ1n) is 20.7. The first kappa shape index (κ1) is 51.7. The van der Waals surface area contributed by atoms with Crippen LogP contribution in [0.1, 0.15) is 113 Å². The lowest BCUT2D eigenvalue weighted by atomic mass is 9.83. The van der Waals surface area contributed by atoms with Crippen molar-refractivity contribution in [3.05, 3.63) is 70.9 Å². The van der Waals surface area contributed by atoms with Crippen LogP contribution in [0.2, 0.25) is 0 Å². The Balaban J connectivity index is 1.75. The van der Waals surface area contributed by atoms with E-state index in [1.165, 1.54) is 11.0 Å². The fourth-order valence-electron chi connectivity index (χ4n) is 6.35. The van der Waals surface area contributed by atoms with Crippen molar-refractivity contribution >= 4 is 65.7 Å². The zero-order chi connectivity index (χ0) is 44.8. The molecule has 1 saturated heterocycles. The van der Waals surface area contributed by atoms with Gasteiger partial charge in [0.1, 0.15) is 12.2 Å². The van der Waals surface area contributed by atoms with Gasteiger partial charge in [-0.25, -0.2) is 9.59 Å². The number of amides is 5. The molecule has 5 amide bonds. The van der Waals surface area contributed by atoms with Crippen LogP contribution in [-0.2, 0) is 38.2 Å². The van der Waals surface area contributed by atoms with Gasteiger partial charge in [-0.05, 0) is 45.4 Å². The van der Waals surface area contributed by atoms with Crippen LogP contribution in [0.5, 0.6) is 0 Å². The number of ether oxygens (including phenoxy) is 2. The van der Waals surface area contributed by atoms with Crippen molar-refractivity contribution in [3.8, 4) is 0 Å². The van der Waals surface area contributed by atoms with Gasteiger partial charge in [0.25, 0.3) is 0 Å². The molecular formula is C45H65ClN4O9S. The fourth-order valence-corrected chi connectivity index (χ4v) is 6.73. The van der Waals surface area contributed by atoms with Gasteiger partial charge in [-0.2, -0.15) is 12.6 Å². The number of rotatable bonds is 24. The van der Waals surface area contributed by atoms with Crippen LogP contribution in [0, 0.1) is 11.3 Å². The van der Waals surface area contributed by atoms with E-state index >= 15 is 0 Å². The summed E-state index contributed by atoms with van der Waals surface area (Å²) in [5.74, 6) is -1.42. The quantitative estimate of drug-likeness (QED) is 0.0150. The molecule has 13 nitrogen and oxygen atoms in total. The van der Waals surface area contributed by atoms with E-state index < -0.39 is 34.8 Å². The third-order valence-electron chi connectivity index (χ3n) is 9.81. The van der Waals surface area contributed by atoms with Crippen LogP contribution in [0.15, 0.2) is 70.9 Å². The molecule has 2 heterocycles. The van der Waals surface area contributed by atoms with E-state index in [9.17, 15) is 33.6 Å². The second-order valence-corrected chi connectivity index (χ2v) is 17.6. The average molecular weight is 874 g/mol. The molecule has 5 atom stereocenters. The summed E-state index contributed by atoms with van der Waals surface area (Å²) >= 11 is 10.2. The van der Waals surface area contributed by atoms with Crippen molar-refractivity contribution in [1.29, 1.82) is 0 Å². The highest BCUT2D eigenvalue weighted by atomic mass is 35.5. The second-order valence-electron chi connectivity index (χ2n) is 16.3. The zero-order valence-electron chi connectivity index (χ0n) is 36.2. The van der Waals surface area contributed by atoms with Gasteiger partial charge in [0, 0.05) is 80.8 Å². The number of halogens is 1. The van der Waals surface area contributed by atoms with Gasteiger partial charge in [0.05, 0.1) is 11.3 Å². The first-order valence-corrected chi connectivity index (χ1v) is 21.6. The molecule has 1 unspecified atom stereocenters. The maximum Gasteiger partial charge on any atom is 0.407 e. The number of esters is 1. The summed E-state index contributed by atoms with van der Waals surface area (Å²) in [5.41, 5.74) is 1.02. The van der Waals surface area contributed by atoms with E-state index in [2.05, 4.69) is 28.6 Å². The van der Waals surface area contributed by atoms with Crippen molar-refractivity contribution in [1.82, 2.24) is 20.9 Å². The Kier molecular flexibility index (Phi) is 23.0. The maximum absolute atomic E-state index is 13.3. The van der Waals surface area contributed by atoms with E-state index in [0.29, 0.717) is 75.1 Å². The minimum atomic E-state index is -0.751. The SMILES string of the molecule is CC1=CC[C@@H]([C@@H](C)/C=C(C)/C=C\C=C/C(=O)N[C@H](C(=O)C/C=C\C[C@H](C/C=C(\C)Cl)OC(=O)NCCCNC(=O)CCCCCN2C(=O)CC(S)C2=O)C(C)(C)C)OC1=O. The Labute approximate surface area is 366 Å². The number of hydrogen-bond donors (Lipinski definition) is 4. The van der Waals surface area contributed by atoms with Gasteiger partial charge in [-0.1, -0.05) is 99.9 Å². The molecule has 0 saturated carbocycles. The molecule has 60 heavy (non-hydrogen) atoms. The Morgan fingerprint density at radius 1 is 1.00 bits per heavy atom. The minimum absolute atomic E-state index is 0.0183. The maximum atomic E-state index is 13.3. The summed E-state index contributed by atoms with van der Waals surface area (Å²) in [6, 6.07) is -0.751. The Hall–Kier alpha value is -4.43. The van der Waals surface area contributed by atoms with Crippen LogP contribution in [0.25, 0.3) is 0 Å². The highest BCUT2D eigenvalue weighted by Crippen LogP contribution is 2.23. The number of likely N-dealkylation sites (tertiary alicyclic amines) is 1. The predicted molar refractivity (Wildman–Crippen MR) is 237 cm³/mol. The number of allylic oxidation sites excluding steroid dienone is 6. The van der Waals surface area contributed by atoms with E-state index in [1.54, 1.807) is 44.2 Å². The normalized spacial score (nSPS) is 19.4. The molecule has 332 valence electrons. The van der Waals surface area contributed by atoms with Gasteiger partial charge in [-0.3, -0.25) is 28.9 Å². The number of unbranched alkanes of at least 4 members (excludes halogenated alkanes) is 2. The van der Waals surface area contributed by atoms with Crippen molar-refractivity contribution in [2.75, 3.05) is 19.6 Å². The molecule has 0 radical (unpaired) electrons. The molecule has 0 bridgehead atoms. The highest BCUT2D eigenvalue weighted by molar-refractivity contribution is 7.81. The Morgan fingerprint density at radius 2 is 1.70 bits per heavy atom. The Morgan fingerprint density at radius 3 is 2.35 bits per heavy atom. The van der Waals surface area contributed by atoms with Crippen molar-refractivity contribution < 1.29 is 43.0 Å². The molecule has 0 spiro atoms. The van der Waals surface area contributed by atoms with E-state index in [-0.39, 0.29) is 60.9 Å². The number of carbonyl (C=O) groups excluding carboxylic acids is 7. The number of cyclic esters (lactones) is 1. The summed E-state index contributed by atoms with van der Waals surface area (Å²) in [5, 5.41) is 8.35. The number of thiol groups is 1. The number of nitrogens with one attached hydrogen (secondary N) is 3. The zero-order valence-corrected chi connectivity index (χ0v) is 37.9. The van der Waals surface area contributed by atoms with Crippen molar-refractivity contribution in [3.63, 3.8) is 0 Å². The van der Waals surface area contributed by atoms with E-state index in [0.717, 1.165) is 5.57 Å². The lowest BCUT2D eigenvalue weighted by Crippen LogP contribution is -2.48. The summed E-state index contributed by atoms with van der Waals surface area (Å²) < 4.78 is 11.1. The van der Waals surface area contributed by atoms with Crippen molar-refractivity contribution in [2.24, 2.45) is 11.3 Å². The van der Waals surface area contributed by atoms with Gasteiger partial charge < -0.3 is 25.4 Å². The number of alkyl carbamates (subject to hydrolysis) is 1. The lowest BCUT2D eigenvalue weighted by molar-refractivity contribution is -0.147. The summed E-state index contributed by atoms with van der Waals surface area (Å²) in [7, 11) is 0. The standard InChI is InChI=1S/C45H65ClN4O9S/c1-30(28-32(3)36-24-21-31(2)43(56)59-36)16-10-13-20-39(53)49-41(45(5,6)7)35(51)18-12-11-17-34(23-22-33(4)46)58-44(57)48-26-15-25-47-38(52)19-9-8-14-27-50-40(54)29-37(60)42(50)55/h10-13,16,20-22,28,32,34,36-37,41,60H,8-9,14-15,17-19,23-27,29H2,1-7H3,(H,47,52)(H,48,57)(H,49,53)/b12-11-,16-10-,20-13-,30-28+,33-22+/t32-,34+,36-,37?,41+/m0/s1. The van der Waals surface area contributed by atoms with Crippen molar-refractivity contribution in [2.45, 2.75) is 136 Å². The third kappa shape index (κ3) is 20.2. The molecule has 15 heteroatoms. The largest absolute Gasteiger partial charge is 0.458 e. The summed E-state index contributed by atoms with van der Waals surface area (Å²) in [4.78, 5) is 87.8. The van der Waals surface area contributed by atoms with Crippen LogP contribution >= 0.6 is 24.2 Å². The molecule has 0 aromatic rings. The predicted octanol–water partition coefficient (Wildman–Crippen LogP) is 7.13. The van der Waals surface area contributed by atoms with Crippen LogP contribution in [-0.4, -0.2) is 89.5 Å². The minimum Gasteiger partial charge on any atom is -0.458 e. The topological polar surface area (TPSA) is 177 Å². The molecule has 1 fully saturated rings. The Bertz CT molecular complexity index is 1710. The number of carbonyl (C=O) groups is 7. The van der Waals surface area contributed by atoms with Gasteiger partial charge in [0.15, 0.2) is 5.78 Å². The van der Waals surface area contributed by atoms with Gasteiger partial charge in [0.2, 0.25) is 23.6 Å². The van der Waals surface area contributed by atoms with Crippen LogP contribution in [0.3, 0.4) is 0 Å². The highest BCUT2D eigenvalue weighted by Gasteiger charge is 2.35. The lowest BCUT2D eigenvalue weighted by Gasteiger charge is -2.29. The molecule has 0 aliphatic carbocycles. The van der Waals surface area contributed by atoms with E-state index in [4.69, 9.17) is 21.1 Å². The summed E-state index contributed by atoms with van der Waals surface area (Å²) in [6.07, 6.45) is 18.7. The molecule has 0 aromatic carbocycles. The smallest absolute Gasteiger partial charge is 0.407 e. The molecule has 3 N–H and O–H groups in total. The van der Waals surface area contributed by atoms with Gasteiger partial charge in [-0.15, -0.1) is 0 Å². The number of nitrogens with zero attached hydrogens (tertiary/aromatic N) is 1. The third-order valence-corrected chi connectivity index (χ3v) is 10.4. The number of ketones is 1. The number of Topliss-reactive ketones (excluding diaryl/α,β-unsaturated/α-hetero) is 1. The molecule has 2 aliphatic rings. The van der Waals surface area contributed by atoms with Gasteiger partial charge >= 0.3 is 12.1 Å². The monoisotopic (exact) mass is 872 g/mol. The molecule has 2 rings (SSSR count). The first-order chi connectivity index (χ1) is 28.3. The molecular weight excluding hydrogens is 808 g/mol. The molecule has 0 aromatic heterocycles. The van der Waals surface area contributed by atoms with Crippen LogP contribution < -0.4 is 16.0 Å². The number of hydrogen-bond acceptors (Lipinski definition) is 10. The van der Waals surface area contributed by atoms with E-state index in [1.807, 2.05) is 52.8 Å². The second kappa shape index (κ2) is 26.7. The van der Waals surface area contributed by atoms with Crippen LogP contribution in [0.4, 0.5) is 4.79 Å². The fraction of sp³-hybridized carbons (Fsp3) is 0.578. The number of imide groups is 1.